The molecule has 0 unspecified atom stereocenters. The minimum Gasteiger partial charge on any atom is -0.478 e. The van der Waals surface area contributed by atoms with Gasteiger partial charge in [-0.15, -0.1) is 11.3 Å². The molecule has 2 N–H and O–H groups in total. The van der Waals surface area contributed by atoms with E-state index >= 15 is 0 Å². The topological polar surface area (TPSA) is 75.1 Å². The van der Waals surface area contributed by atoms with Crippen LogP contribution in [0.25, 0.3) is 10.2 Å². The lowest BCUT2D eigenvalue weighted by molar-refractivity contribution is 0.0697. The van der Waals surface area contributed by atoms with Gasteiger partial charge in [-0.3, -0.25) is 9.36 Å². The zero-order chi connectivity index (χ0) is 16.6. The molecule has 2 heterocycles. The predicted molar refractivity (Wildman–Crippen MR) is 93.2 cm³/mol. The van der Waals surface area contributed by atoms with Gasteiger partial charge in [0.05, 0.1) is 17.5 Å². The van der Waals surface area contributed by atoms with Crippen LogP contribution in [0.15, 0.2) is 35.1 Å². The van der Waals surface area contributed by atoms with Crippen molar-refractivity contribution in [2.75, 3.05) is 0 Å². The molecule has 0 aliphatic carbocycles. The molecule has 5 nitrogen and oxygen atoms in total. The fourth-order valence-electron chi connectivity index (χ4n) is 2.35. The SMILES string of the molecule is CCc1cc2c(=O)n(Cc3ccc(C(=O)O)cc3)c(=S)[nH]c2s1. The molecular formula is C16H14N2O3S2. The number of carbonyl (C=O) groups is 1. The third-order valence-electron chi connectivity index (χ3n) is 3.61. The fraction of sp³-hybridized carbons (Fsp3) is 0.188. The number of aromatic nitrogens is 2. The zero-order valence-electron chi connectivity index (χ0n) is 12.3. The summed E-state index contributed by atoms with van der Waals surface area (Å²) in [4.78, 5) is 28.6. The second kappa shape index (κ2) is 6.10. The van der Waals surface area contributed by atoms with Gasteiger partial charge in [-0.2, -0.15) is 0 Å². The van der Waals surface area contributed by atoms with E-state index in [9.17, 15) is 9.59 Å². The number of aromatic carboxylic acids is 1. The number of benzene rings is 1. The maximum atomic E-state index is 12.6. The fourth-order valence-corrected chi connectivity index (χ4v) is 3.65. The Morgan fingerprint density at radius 2 is 2.04 bits per heavy atom. The van der Waals surface area contributed by atoms with Gasteiger partial charge >= 0.3 is 5.97 Å². The Bertz CT molecular complexity index is 997. The van der Waals surface area contributed by atoms with E-state index in [0.717, 1.165) is 21.7 Å². The normalized spacial score (nSPS) is 11.0. The van der Waals surface area contributed by atoms with Gasteiger partial charge in [0, 0.05) is 4.88 Å². The number of aryl methyl sites for hydroxylation is 1. The van der Waals surface area contributed by atoms with Crippen molar-refractivity contribution >= 4 is 39.7 Å². The highest BCUT2D eigenvalue weighted by molar-refractivity contribution is 7.71. The molecule has 7 heteroatoms. The van der Waals surface area contributed by atoms with Gasteiger partial charge in [0.15, 0.2) is 4.77 Å². The van der Waals surface area contributed by atoms with Crippen molar-refractivity contribution in [1.82, 2.24) is 9.55 Å². The van der Waals surface area contributed by atoms with Crippen molar-refractivity contribution in [1.29, 1.82) is 0 Å². The first-order valence-corrected chi connectivity index (χ1v) is 8.30. The van der Waals surface area contributed by atoms with Gasteiger partial charge in [-0.25, -0.2) is 4.79 Å². The quantitative estimate of drug-likeness (QED) is 0.710. The Morgan fingerprint density at radius 1 is 1.35 bits per heavy atom. The lowest BCUT2D eigenvalue weighted by Gasteiger charge is -2.07. The van der Waals surface area contributed by atoms with E-state index in [0.29, 0.717) is 16.7 Å². The van der Waals surface area contributed by atoms with Crippen molar-refractivity contribution in [2.45, 2.75) is 19.9 Å². The van der Waals surface area contributed by atoms with Crippen LogP contribution < -0.4 is 5.56 Å². The van der Waals surface area contributed by atoms with E-state index in [2.05, 4.69) is 4.98 Å². The first-order chi connectivity index (χ1) is 11.0. The summed E-state index contributed by atoms with van der Waals surface area (Å²) in [6.07, 6.45) is 0.871. The number of thiophene rings is 1. The molecule has 0 saturated heterocycles. The van der Waals surface area contributed by atoms with Crippen molar-refractivity contribution in [3.63, 3.8) is 0 Å². The number of rotatable bonds is 4. The van der Waals surface area contributed by atoms with Crippen LogP contribution in [0.2, 0.25) is 0 Å². The summed E-state index contributed by atoms with van der Waals surface area (Å²) in [6.45, 7) is 2.35. The summed E-state index contributed by atoms with van der Waals surface area (Å²) in [5, 5.41) is 9.56. The Hall–Kier alpha value is -2.25. The average molecular weight is 346 g/mol. The van der Waals surface area contributed by atoms with Crippen LogP contribution in [0.3, 0.4) is 0 Å². The van der Waals surface area contributed by atoms with Crippen LogP contribution >= 0.6 is 23.6 Å². The molecule has 0 radical (unpaired) electrons. The largest absolute Gasteiger partial charge is 0.478 e. The van der Waals surface area contributed by atoms with E-state index < -0.39 is 5.97 Å². The number of H-pyrrole nitrogens is 1. The zero-order valence-corrected chi connectivity index (χ0v) is 14.0. The van der Waals surface area contributed by atoms with Crippen LogP contribution in [0, 0.1) is 4.77 Å². The number of nitrogens with one attached hydrogen (secondary N) is 1. The molecule has 3 rings (SSSR count). The van der Waals surface area contributed by atoms with E-state index in [-0.39, 0.29) is 11.1 Å². The highest BCUT2D eigenvalue weighted by atomic mass is 32.1. The van der Waals surface area contributed by atoms with E-state index in [1.54, 1.807) is 23.5 Å². The lowest BCUT2D eigenvalue weighted by atomic mass is 10.1. The maximum Gasteiger partial charge on any atom is 0.335 e. The smallest absolute Gasteiger partial charge is 0.335 e. The molecule has 0 spiro atoms. The number of hydrogen-bond acceptors (Lipinski definition) is 4. The molecule has 3 aromatic rings. The summed E-state index contributed by atoms with van der Waals surface area (Å²) in [5.41, 5.74) is 0.913. The molecule has 0 saturated carbocycles. The van der Waals surface area contributed by atoms with Gasteiger partial charge in [0.25, 0.3) is 5.56 Å². The average Bonchev–Trinajstić information content (AvgIpc) is 2.95. The van der Waals surface area contributed by atoms with Gasteiger partial charge in [0.1, 0.15) is 4.83 Å². The van der Waals surface area contributed by atoms with Crippen LogP contribution in [0.4, 0.5) is 0 Å². The molecule has 0 aliphatic heterocycles. The van der Waals surface area contributed by atoms with Crippen molar-refractivity contribution in [2.24, 2.45) is 0 Å². The number of fused-ring (bicyclic) bond motifs is 1. The minimum atomic E-state index is -0.974. The number of hydrogen-bond donors (Lipinski definition) is 2. The van der Waals surface area contributed by atoms with E-state index in [4.69, 9.17) is 17.3 Å². The number of carboxylic acids is 1. The Balaban J connectivity index is 2.04. The molecular weight excluding hydrogens is 332 g/mol. The number of nitrogens with zero attached hydrogens (tertiary/aromatic N) is 1. The van der Waals surface area contributed by atoms with Crippen LogP contribution in [0.5, 0.6) is 0 Å². The van der Waals surface area contributed by atoms with Crippen molar-refractivity contribution < 1.29 is 9.90 Å². The summed E-state index contributed by atoms with van der Waals surface area (Å²) < 4.78 is 1.87. The second-order valence-corrected chi connectivity index (χ2v) is 6.66. The summed E-state index contributed by atoms with van der Waals surface area (Å²) in [6, 6.07) is 8.33. The molecule has 1 aromatic carbocycles. The molecule has 0 amide bonds. The molecule has 0 aliphatic rings. The Kier molecular flexibility index (Phi) is 4.14. The second-order valence-electron chi connectivity index (χ2n) is 5.13. The van der Waals surface area contributed by atoms with E-state index in [1.807, 2.05) is 13.0 Å². The lowest BCUT2D eigenvalue weighted by Crippen LogP contribution is -2.22. The summed E-state index contributed by atoms with van der Waals surface area (Å²) in [5.74, 6) is -0.974. The van der Waals surface area contributed by atoms with Crippen LogP contribution in [-0.4, -0.2) is 20.6 Å². The molecule has 23 heavy (non-hydrogen) atoms. The number of carboxylic acid groups (broad SMARTS) is 1. The highest BCUT2D eigenvalue weighted by Crippen LogP contribution is 2.21. The molecule has 0 bridgehead atoms. The maximum absolute atomic E-state index is 12.6. The first kappa shape index (κ1) is 15.6. The summed E-state index contributed by atoms with van der Waals surface area (Å²) >= 11 is 6.84. The highest BCUT2D eigenvalue weighted by Gasteiger charge is 2.10. The standard InChI is InChI=1S/C16H14N2O3S2/c1-2-11-7-12-13(23-11)17-16(22)18(14(12)19)8-9-3-5-10(6-4-9)15(20)21/h3-7H,2,8H2,1H3,(H,17,22)(H,20,21). The van der Waals surface area contributed by atoms with Crippen LogP contribution in [-0.2, 0) is 13.0 Å². The molecule has 0 atom stereocenters. The van der Waals surface area contributed by atoms with Crippen molar-refractivity contribution in [3.8, 4) is 0 Å². The molecule has 118 valence electrons. The first-order valence-electron chi connectivity index (χ1n) is 7.07. The molecule has 2 aromatic heterocycles. The minimum absolute atomic E-state index is 0.123. The predicted octanol–water partition coefficient (Wildman–Crippen LogP) is 3.43. The van der Waals surface area contributed by atoms with Gasteiger partial charge in [-0.1, -0.05) is 19.1 Å². The molecule has 0 fully saturated rings. The van der Waals surface area contributed by atoms with E-state index in [1.165, 1.54) is 16.7 Å². The van der Waals surface area contributed by atoms with Crippen LogP contribution in [0.1, 0.15) is 27.7 Å². The monoisotopic (exact) mass is 346 g/mol. The Morgan fingerprint density at radius 3 is 2.65 bits per heavy atom. The number of aromatic amines is 1. The third-order valence-corrected chi connectivity index (χ3v) is 5.13. The Labute approximate surface area is 140 Å². The third kappa shape index (κ3) is 2.97. The van der Waals surface area contributed by atoms with Gasteiger partial charge in [0.2, 0.25) is 0 Å². The van der Waals surface area contributed by atoms with Gasteiger partial charge in [-0.05, 0) is 42.4 Å². The summed E-state index contributed by atoms with van der Waals surface area (Å²) in [7, 11) is 0. The van der Waals surface area contributed by atoms with Crippen molar-refractivity contribution in [3.05, 3.63) is 61.5 Å². The van der Waals surface area contributed by atoms with Gasteiger partial charge < -0.3 is 10.1 Å².